The number of aliphatic hydroxyl groups is 1. The Morgan fingerprint density at radius 2 is 1.74 bits per heavy atom. The number of benzene rings is 1. The standard InChI is InChI=1S/C34H35F2N8O12PS/c1-18(46)8-9-23(48)55-27-21(54-33(24(27)35)44-17-40-26-29(38-16-39-30(26)44)42-31(49)19-6-4-3-5-7-19)15-52-57(58,51-13-11-37-2)56-28-20(14-45)53-32(25(28)36)43-12-10-22(47)41-34(43)50/h3-7,10,12,16-17,20-21,24-25,27-28,32-33,45H,8-9,11,13-15H2,1H3,(H,41,47,50)(H,38,39,42,49)/t20-,21-,24+,25+,27?,28?,32-,33-,57?/m1/s1. The summed E-state index contributed by atoms with van der Waals surface area (Å²) in [6, 6.07) is 9.22. The van der Waals surface area contributed by atoms with Crippen LogP contribution < -0.4 is 16.6 Å². The van der Waals surface area contributed by atoms with E-state index in [1.54, 1.807) is 30.3 Å². The quantitative estimate of drug-likeness (QED) is 0.0595. The van der Waals surface area contributed by atoms with Gasteiger partial charge in [-0.15, -0.1) is 0 Å². The number of amides is 1. The molecule has 24 heteroatoms. The van der Waals surface area contributed by atoms with Crippen LogP contribution in [0, 0.1) is 6.57 Å². The molecule has 3 aromatic heterocycles. The fraction of sp³-hybridized carbons (Fsp3) is 0.441. The van der Waals surface area contributed by atoms with Crippen LogP contribution in [-0.4, -0.2) is 115 Å². The molecular weight excluding hydrogens is 813 g/mol. The van der Waals surface area contributed by atoms with E-state index in [1.807, 2.05) is 4.98 Å². The monoisotopic (exact) mass is 848 g/mol. The fourth-order valence-corrected chi connectivity index (χ4v) is 8.09. The van der Waals surface area contributed by atoms with Gasteiger partial charge in [-0.3, -0.25) is 33.0 Å². The molecule has 1 aromatic carbocycles. The summed E-state index contributed by atoms with van der Waals surface area (Å²) in [6.07, 6.45) is -11.3. The van der Waals surface area contributed by atoms with Crippen molar-refractivity contribution in [1.29, 1.82) is 0 Å². The number of anilines is 1. The zero-order valence-electron chi connectivity index (χ0n) is 30.3. The van der Waals surface area contributed by atoms with Gasteiger partial charge in [0.15, 0.2) is 47.9 Å². The van der Waals surface area contributed by atoms with Crippen LogP contribution in [0.15, 0.2) is 64.8 Å². The molecule has 0 bridgehead atoms. The summed E-state index contributed by atoms with van der Waals surface area (Å²) < 4.78 is 68.9. The van der Waals surface area contributed by atoms with E-state index in [9.17, 15) is 29.1 Å². The topological polar surface area (TPSA) is 242 Å². The van der Waals surface area contributed by atoms with Crippen molar-refractivity contribution in [3.05, 3.63) is 93.1 Å². The number of carbonyl (C=O) groups excluding carboxylic acids is 3. The minimum atomic E-state index is -4.20. The van der Waals surface area contributed by atoms with Gasteiger partial charge in [-0.1, -0.05) is 18.2 Å². The number of hydrogen-bond donors (Lipinski definition) is 3. The highest BCUT2D eigenvalue weighted by molar-refractivity contribution is 8.07. The van der Waals surface area contributed by atoms with Gasteiger partial charge >= 0.3 is 18.4 Å². The molecule has 0 aliphatic carbocycles. The second-order valence-electron chi connectivity index (χ2n) is 12.8. The van der Waals surface area contributed by atoms with Crippen LogP contribution in [0.5, 0.6) is 0 Å². The van der Waals surface area contributed by atoms with E-state index < -0.39 is 92.3 Å². The number of carbonyl (C=O) groups is 3. The van der Waals surface area contributed by atoms with Crippen molar-refractivity contribution < 1.29 is 56.1 Å². The molecule has 3 unspecified atom stereocenters. The zero-order valence-corrected chi connectivity index (χ0v) is 32.0. The molecule has 0 saturated carbocycles. The number of fused-ring (bicyclic) bond motifs is 1. The number of H-pyrrole nitrogens is 1. The van der Waals surface area contributed by atoms with Crippen molar-refractivity contribution in [1.82, 2.24) is 29.1 Å². The first-order valence-corrected chi connectivity index (χ1v) is 20.0. The second kappa shape index (κ2) is 18.6. The predicted octanol–water partition coefficient (Wildman–Crippen LogP) is 1.94. The van der Waals surface area contributed by atoms with Gasteiger partial charge in [-0.05, 0) is 30.9 Å². The van der Waals surface area contributed by atoms with Crippen molar-refractivity contribution in [2.75, 3.05) is 31.7 Å². The number of imidazole rings is 1. The van der Waals surface area contributed by atoms with Gasteiger partial charge < -0.3 is 43.3 Å². The molecule has 20 nitrogen and oxygen atoms in total. The summed E-state index contributed by atoms with van der Waals surface area (Å²) in [6.45, 7) is 2.05. The minimum absolute atomic E-state index is 0.00316. The Balaban J connectivity index is 1.25. The number of halogens is 2. The largest absolute Gasteiger partial charge is 0.456 e. The number of aliphatic hydroxyl groups excluding tert-OH is 1. The Kier molecular flexibility index (Phi) is 13.6. The maximum Gasteiger partial charge on any atom is 0.330 e. The van der Waals surface area contributed by atoms with Crippen molar-refractivity contribution >= 4 is 53.2 Å². The van der Waals surface area contributed by atoms with Gasteiger partial charge in [0.05, 0.1) is 26.0 Å². The van der Waals surface area contributed by atoms with Crippen LogP contribution in [0.4, 0.5) is 14.6 Å². The fourth-order valence-electron chi connectivity index (χ4n) is 6.01. The molecule has 2 fully saturated rings. The Hall–Kier alpha value is -5.18. The van der Waals surface area contributed by atoms with Gasteiger partial charge in [0.25, 0.3) is 11.5 Å². The lowest BCUT2D eigenvalue weighted by Gasteiger charge is -2.28. The molecule has 4 aromatic rings. The van der Waals surface area contributed by atoms with E-state index >= 15 is 8.78 Å². The van der Waals surface area contributed by atoms with Crippen molar-refractivity contribution in [2.24, 2.45) is 0 Å². The number of hydrogen-bond acceptors (Lipinski definition) is 16. The molecule has 0 radical (unpaired) electrons. The first kappa shape index (κ1) is 42.4. The number of alkyl halides is 2. The van der Waals surface area contributed by atoms with E-state index in [0.29, 0.717) is 5.56 Å². The van der Waals surface area contributed by atoms with Crippen molar-refractivity contribution in [2.45, 2.75) is 69.0 Å². The maximum atomic E-state index is 16.5. The molecule has 5 heterocycles. The number of esters is 1. The highest BCUT2D eigenvalue weighted by Crippen LogP contribution is 2.54. The van der Waals surface area contributed by atoms with Gasteiger partial charge in [-0.2, -0.15) is 0 Å². The van der Waals surface area contributed by atoms with Crippen LogP contribution in [0.2, 0.25) is 0 Å². The molecule has 0 spiro atoms. The van der Waals surface area contributed by atoms with E-state index in [1.165, 1.54) is 17.8 Å². The average molecular weight is 849 g/mol. The van der Waals surface area contributed by atoms with Crippen molar-refractivity contribution in [3.8, 4) is 0 Å². The van der Waals surface area contributed by atoms with Crippen LogP contribution in [-0.2, 0) is 49.2 Å². The number of nitrogens with one attached hydrogen (secondary N) is 2. The number of ketones is 1. The smallest absolute Gasteiger partial charge is 0.330 e. The number of Topliss-reactive ketones (excluding diaryl/α,β-unsaturated/α-hetero) is 1. The van der Waals surface area contributed by atoms with Crippen LogP contribution >= 0.6 is 6.72 Å². The molecule has 58 heavy (non-hydrogen) atoms. The highest BCUT2D eigenvalue weighted by atomic mass is 32.5. The molecule has 2 saturated heterocycles. The zero-order chi connectivity index (χ0) is 41.6. The Morgan fingerprint density at radius 3 is 2.45 bits per heavy atom. The number of rotatable bonds is 17. The maximum absolute atomic E-state index is 16.5. The third kappa shape index (κ3) is 9.57. The molecule has 2 aliphatic heterocycles. The van der Waals surface area contributed by atoms with Gasteiger partial charge in [0.2, 0.25) is 6.54 Å². The molecule has 6 rings (SSSR count). The van der Waals surface area contributed by atoms with E-state index in [0.717, 1.165) is 23.2 Å². The Bertz CT molecular complexity index is 2350. The SMILES string of the molecule is [C-]#[N+]CCOP(=S)(OC[C@H]1O[C@@H](n2cnc3c(NC(=O)c4ccccc4)ncnc32)[C@@H](F)C1OC(=O)CCC(C)=O)OC1[C@@H](CO)O[C@@H](n2ccc(=O)[nH]c2=O)[C@H]1F. The first-order valence-electron chi connectivity index (χ1n) is 17.5. The highest BCUT2D eigenvalue weighted by Gasteiger charge is 2.52. The number of ether oxygens (including phenoxy) is 3. The van der Waals surface area contributed by atoms with E-state index in [4.69, 9.17) is 46.2 Å². The summed E-state index contributed by atoms with van der Waals surface area (Å²) in [5.74, 6) is -1.76. The van der Waals surface area contributed by atoms with Gasteiger partial charge in [-0.25, -0.2) is 35.1 Å². The second-order valence-corrected chi connectivity index (χ2v) is 15.7. The summed E-state index contributed by atoms with van der Waals surface area (Å²) >= 11 is 5.58. The molecule has 9 atom stereocenters. The normalized spacial score (nSPS) is 25.2. The van der Waals surface area contributed by atoms with Crippen molar-refractivity contribution in [3.63, 3.8) is 0 Å². The third-order valence-electron chi connectivity index (χ3n) is 8.79. The molecule has 3 N–H and O–H groups in total. The molecule has 1 amide bonds. The third-order valence-corrected chi connectivity index (χ3v) is 11.1. The van der Waals surface area contributed by atoms with Crippen LogP contribution in [0.1, 0.15) is 42.6 Å². The molecular formula is C34H35F2N8O12PS. The number of aromatic amines is 1. The average Bonchev–Trinajstić information content (AvgIpc) is 3.86. The Labute approximate surface area is 331 Å². The van der Waals surface area contributed by atoms with E-state index in [-0.39, 0.29) is 48.8 Å². The minimum Gasteiger partial charge on any atom is -0.456 e. The molecule has 2 aliphatic rings. The predicted molar refractivity (Wildman–Crippen MR) is 198 cm³/mol. The Morgan fingerprint density at radius 1 is 1.02 bits per heavy atom. The lowest BCUT2D eigenvalue weighted by Crippen LogP contribution is -2.38. The number of aromatic nitrogens is 6. The number of nitrogens with zero attached hydrogens (tertiary/aromatic N) is 6. The summed E-state index contributed by atoms with van der Waals surface area (Å²) in [5, 5.41) is 12.7. The summed E-state index contributed by atoms with van der Waals surface area (Å²) in [5.41, 5.74) is -1.35. The van der Waals surface area contributed by atoms with Gasteiger partial charge in [0, 0.05) is 24.2 Å². The summed E-state index contributed by atoms with van der Waals surface area (Å²) in [7, 11) is 0. The van der Waals surface area contributed by atoms with Gasteiger partial charge in [0.1, 0.15) is 37.0 Å². The van der Waals surface area contributed by atoms with E-state index in [2.05, 4.69) is 25.1 Å². The molecule has 308 valence electrons. The van der Waals surface area contributed by atoms with Crippen LogP contribution in [0.25, 0.3) is 16.0 Å². The lowest BCUT2D eigenvalue weighted by atomic mass is 10.1. The lowest BCUT2D eigenvalue weighted by molar-refractivity contribution is -0.155. The summed E-state index contributed by atoms with van der Waals surface area (Å²) in [4.78, 5) is 79.0. The first-order chi connectivity index (χ1) is 27.8. The van der Waals surface area contributed by atoms with Crippen LogP contribution in [0.3, 0.4) is 0 Å².